The van der Waals surface area contributed by atoms with Crippen LogP contribution in [0.15, 0.2) is 23.4 Å². The van der Waals surface area contributed by atoms with Crippen LogP contribution in [0, 0.1) is 0 Å². The van der Waals surface area contributed by atoms with Crippen molar-refractivity contribution < 1.29 is 13.2 Å². The number of aromatic nitrogens is 1. The smallest absolute Gasteiger partial charge is 0.246 e. The van der Waals surface area contributed by atoms with Crippen LogP contribution in [-0.4, -0.2) is 50.6 Å². The number of pyridine rings is 1. The summed E-state index contributed by atoms with van der Waals surface area (Å²) in [5.74, 6) is 0. The molecule has 7 heteroatoms. The van der Waals surface area contributed by atoms with E-state index in [1.165, 1.54) is 10.5 Å². The van der Waals surface area contributed by atoms with Gasteiger partial charge in [-0.2, -0.15) is 4.31 Å². The van der Waals surface area contributed by atoms with E-state index in [0.717, 1.165) is 6.42 Å². The highest BCUT2D eigenvalue weighted by Gasteiger charge is 2.29. The second kappa shape index (κ2) is 8.31. The van der Waals surface area contributed by atoms with Crippen LogP contribution in [0.5, 0.6) is 0 Å². The van der Waals surface area contributed by atoms with Gasteiger partial charge in [0.1, 0.15) is 4.90 Å². The van der Waals surface area contributed by atoms with Crippen molar-refractivity contribution in [2.45, 2.75) is 38.1 Å². The van der Waals surface area contributed by atoms with Gasteiger partial charge in [-0.25, -0.2) is 8.42 Å². The Morgan fingerprint density at radius 1 is 1.43 bits per heavy atom. The Kier molecular flexibility index (Phi) is 7.07. The first-order valence-corrected chi connectivity index (χ1v) is 8.57. The van der Waals surface area contributed by atoms with Crippen molar-refractivity contribution in [1.29, 1.82) is 0 Å². The van der Waals surface area contributed by atoms with Crippen molar-refractivity contribution in [3.05, 3.63) is 18.5 Å². The van der Waals surface area contributed by atoms with Gasteiger partial charge in [-0.3, -0.25) is 4.98 Å². The standard InChI is InChI=1S/C14H25N3O3S/c1-5-7-16-13-6-8-15-11-14(13)21(18,19)17(12(2)3)9-10-20-4/h6,8,11-12H,5,7,9-10H2,1-4H3,(H,15,16). The molecule has 0 fully saturated rings. The Morgan fingerprint density at radius 2 is 2.14 bits per heavy atom. The SMILES string of the molecule is CCCNc1ccncc1S(=O)(=O)N(CCOC)C(C)C. The fourth-order valence-electron chi connectivity index (χ4n) is 1.95. The van der Waals surface area contributed by atoms with Crippen LogP contribution in [0.3, 0.4) is 0 Å². The van der Waals surface area contributed by atoms with Crippen molar-refractivity contribution in [3.63, 3.8) is 0 Å². The van der Waals surface area contributed by atoms with Crippen molar-refractivity contribution in [1.82, 2.24) is 9.29 Å². The molecule has 120 valence electrons. The van der Waals surface area contributed by atoms with Crippen molar-refractivity contribution in [2.75, 3.05) is 32.1 Å². The molecule has 0 aliphatic rings. The van der Waals surface area contributed by atoms with E-state index >= 15 is 0 Å². The Balaban J connectivity index is 3.15. The van der Waals surface area contributed by atoms with Crippen LogP contribution < -0.4 is 5.32 Å². The lowest BCUT2D eigenvalue weighted by Gasteiger charge is -2.26. The molecule has 0 saturated heterocycles. The minimum Gasteiger partial charge on any atom is -0.384 e. The highest BCUT2D eigenvalue weighted by Crippen LogP contribution is 2.24. The third-order valence-corrected chi connectivity index (χ3v) is 5.13. The van der Waals surface area contributed by atoms with Gasteiger partial charge in [-0.1, -0.05) is 6.92 Å². The van der Waals surface area contributed by atoms with Gasteiger partial charge < -0.3 is 10.1 Å². The molecule has 0 spiro atoms. The first-order valence-electron chi connectivity index (χ1n) is 7.13. The van der Waals surface area contributed by atoms with Crippen molar-refractivity contribution >= 4 is 15.7 Å². The number of anilines is 1. The lowest BCUT2D eigenvalue weighted by molar-refractivity contribution is 0.171. The fourth-order valence-corrected chi connectivity index (χ4v) is 3.69. The average Bonchev–Trinajstić information content (AvgIpc) is 2.45. The Hall–Kier alpha value is -1.18. The molecule has 1 rings (SSSR count). The summed E-state index contributed by atoms with van der Waals surface area (Å²) < 4.78 is 32.2. The maximum Gasteiger partial charge on any atom is 0.246 e. The van der Waals surface area contributed by atoms with E-state index < -0.39 is 10.0 Å². The van der Waals surface area contributed by atoms with Gasteiger partial charge in [-0.05, 0) is 26.3 Å². The highest BCUT2D eigenvalue weighted by molar-refractivity contribution is 7.89. The Bertz CT molecular complexity index is 532. The number of ether oxygens (including phenoxy) is 1. The third-order valence-electron chi connectivity index (χ3n) is 3.03. The molecular formula is C14H25N3O3S. The van der Waals surface area contributed by atoms with Crippen LogP contribution in [0.2, 0.25) is 0 Å². The summed E-state index contributed by atoms with van der Waals surface area (Å²) in [6.45, 7) is 7.12. The molecule has 1 aromatic heterocycles. The molecule has 0 amide bonds. The summed E-state index contributed by atoms with van der Waals surface area (Å²) in [6, 6.07) is 1.54. The zero-order valence-electron chi connectivity index (χ0n) is 13.2. The third kappa shape index (κ3) is 4.66. The van der Waals surface area contributed by atoms with Crippen molar-refractivity contribution in [3.8, 4) is 0 Å². The van der Waals surface area contributed by atoms with E-state index in [2.05, 4.69) is 10.3 Å². The summed E-state index contributed by atoms with van der Waals surface area (Å²) in [5, 5.41) is 3.14. The summed E-state index contributed by atoms with van der Waals surface area (Å²) in [6.07, 6.45) is 3.90. The zero-order chi connectivity index (χ0) is 15.9. The second-order valence-electron chi connectivity index (χ2n) is 5.00. The van der Waals surface area contributed by atoms with Crippen LogP contribution in [0.25, 0.3) is 0 Å². The molecule has 0 bridgehead atoms. The maximum atomic E-state index is 12.9. The molecule has 1 heterocycles. The maximum absolute atomic E-state index is 12.9. The number of nitrogens with one attached hydrogen (secondary N) is 1. The zero-order valence-corrected chi connectivity index (χ0v) is 14.0. The summed E-state index contributed by atoms with van der Waals surface area (Å²) >= 11 is 0. The van der Waals surface area contributed by atoms with Gasteiger partial charge in [0.25, 0.3) is 0 Å². The molecule has 1 N–H and O–H groups in total. The van der Waals surface area contributed by atoms with Crippen LogP contribution >= 0.6 is 0 Å². The molecule has 0 saturated carbocycles. The molecule has 0 aromatic carbocycles. The second-order valence-corrected chi connectivity index (χ2v) is 6.86. The Labute approximate surface area is 127 Å². The van der Waals surface area contributed by atoms with Gasteiger partial charge in [0, 0.05) is 38.6 Å². The normalized spacial score (nSPS) is 12.1. The number of rotatable bonds is 9. The first kappa shape index (κ1) is 17.9. The average molecular weight is 315 g/mol. The summed E-state index contributed by atoms with van der Waals surface area (Å²) in [5.41, 5.74) is 0.593. The van der Waals surface area contributed by atoms with E-state index in [1.54, 1.807) is 19.4 Å². The van der Waals surface area contributed by atoms with Crippen LogP contribution in [0.1, 0.15) is 27.2 Å². The topological polar surface area (TPSA) is 71.5 Å². The molecule has 0 aliphatic carbocycles. The van der Waals surface area contributed by atoms with Gasteiger partial charge >= 0.3 is 0 Å². The van der Waals surface area contributed by atoms with Gasteiger partial charge in [-0.15, -0.1) is 0 Å². The fraction of sp³-hybridized carbons (Fsp3) is 0.643. The van der Waals surface area contributed by atoms with E-state index in [-0.39, 0.29) is 10.9 Å². The number of hydrogen-bond acceptors (Lipinski definition) is 5. The minimum atomic E-state index is -3.61. The molecule has 1 aromatic rings. The molecule has 0 radical (unpaired) electrons. The number of methoxy groups -OCH3 is 1. The summed E-state index contributed by atoms with van der Waals surface area (Å²) in [7, 11) is -2.05. The first-order chi connectivity index (χ1) is 9.95. The van der Waals surface area contributed by atoms with Crippen LogP contribution in [-0.2, 0) is 14.8 Å². The monoisotopic (exact) mass is 315 g/mol. The predicted octanol–water partition coefficient (Wildman–Crippen LogP) is 1.95. The highest BCUT2D eigenvalue weighted by atomic mass is 32.2. The number of nitrogens with zero attached hydrogens (tertiary/aromatic N) is 2. The van der Waals surface area contributed by atoms with Gasteiger partial charge in [0.05, 0.1) is 12.3 Å². The largest absolute Gasteiger partial charge is 0.384 e. The van der Waals surface area contributed by atoms with Crippen molar-refractivity contribution in [2.24, 2.45) is 0 Å². The summed E-state index contributed by atoms with van der Waals surface area (Å²) in [4.78, 5) is 4.18. The van der Waals surface area contributed by atoms with E-state index in [1.807, 2.05) is 20.8 Å². The van der Waals surface area contributed by atoms with E-state index in [4.69, 9.17) is 4.74 Å². The molecular weight excluding hydrogens is 290 g/mol. The molecule has 6 nitrogen and oxygen atoms in total. The van der Waals surface area contributed by atoms with E-state index in [9.17, 15) is 8.42 Å². The molecule has 0 unspecified atom stereocenters. The van der Waals surface area contributed by atoms with Gasteiger partial charge in [0.2, 0.25) is 10.0 Å². The predicted molar refractivity (Wildman–Crippen MR) is 83.9 cm³/mol. The number of hydrogen-bond donors (Lipinski definition) is 1. The number of sulfonamides is 1. The lowest BCUT2D eigenvalue weighted by atomic mass is 10.4. The molecule has 0 atom stereocenters. The molecule has 21 heavy (non-hydrogen) atoms. The quantitative estimate of drug-likeness (QED) is 0.754. The van der Waals surface area contributed by atoms with Crippen LogP contribution in [0.4, 0.5) is 5.69 Å². The van der Waals surface area contributed by atoms with Gasteiger partial charge in [0.15, 0.2) is 0 Å². The Morgan fingerprint density at radius 3 is 2.71 bits per heavy atom. The molecule has 0 aliphatic heterocycles. The van der Waals surface area contributed by atoms with E-state index in [0.29, 0.717) is 25.4 Å². The lowest BCUT2D eigenvalue weighted by Crippen LogP contribution is -2.39. The minimum absolute atomic E-state index is 0.149.